The van der Waals surface area contributed by atoms with Crippen LogP contribution in [-0.2, 0) is 32.2 Å². The van der Waals surface area contributed by atoms with Gasteiger partial charge in [0.05, 0.1) is 25.9 Å². The van der Waals surface area contributed by atoms with Crippen molar-refractivity contribution >= 4 is 50.9 Å². The average molecular weight is 673 g/mol. The average Bonchev–Trinajstić information content (AvgIpc) is 3.73. The lowest BCUT2D eigenvalue weighted by Crippen LogP contribution is -2.36. The Morgan fingerprint density at radius 1 is 1.11 bits per heavy atom. The molecule has 2 fully saturated rings. The molecule has 7 N–H and O–H groups in total. The molecule has 6 heterocycles. The fourth-order valence-electron chi connectivity index (χ4n) is 5.29. The Morgan fingerprint density at radius 2 is 1.84 bits per heavy atom. The monoisotopic (exact) mass is 673 g/mol. The van der Waals surface area contributed by atoms with Crippen LogP contribution in [0.4, 0.5) is 11.6 Å². The molecular formula is C22H27N8O13P2+. The molecule has 21 nitrogen and oxygen atoms in total. The van der Waals surface area contributed by atoms with E-state index < -0.39 is 78.4 Å². The van der Waals surface area contributed by atoms with Gasteiger partial charge in [0.15, 0.2) is 47.3 Å². The predicted molar refractivity (Wildman–Crippen MR) is 146 cm³/mol. The lowest BCUT2D eigenvalue weighted by atomic mass is 10.1. The molecule has 0 saturated carbocycles. The highest BCUT2D eigenvalue weighted by Crippen LogP contribution is 2.51. The second kappa shape index (κ2) is 12.2. The fraction of sp³-hybridized carbons (Fsp3) is 0.545. The number of aliphatic hydroxyl groups is 3. The maximum Gasteiger partial charge on any atom is 0.695 e. The third kappa shape index (κ3) is 5.94. The number of carbonyl (C=O) groups is 1. The molecule has 242 valence electrons. The molecule has 0 aromatic carbocycles. The SMILES string of the molecule is Cc1nc(N)c2ncn([C@@H]3O[C@H](COP(=O)(O)O[C@@H]4[C@H](O)[C@@H](CO)O[C@H]4n4cnc5c4N=CCC5=O)[C@@H](O[P+](=O)O)[C@H]3O)c2n1. The number of nitrogen functional groups attached to an aromatic ring is 1. The van der Waals surface area contributed by atoms with Gasteiger partial charge < -0.3 is 35.4 Å². The van der Waals surface area contributed by atoms with Gasteiger partial charge >= 0.3 is 16.1 Å². The zero-order chi connectivity index (χ0) is 32.2. The van der Waals surface area contributed by atoms with Crippen LogP contribution in [0.5, 0.6) is 0 Å². The largest absolute Gasteiger partial charge is 0.695 e. The smallest absolute Gasteiger partial charge is 0.394 e. The second-order valence-electron chi connectivity index (χ2n) is 10.2. The number of hydrogen-bond acceptors (Lipinski definition) is 17. The molecule has 45 heavy (non-hydrogen) atoms. The Balaban J connectivity index is 1.21. The van der Waals surface area contributed by atoms with Crippen molar-refractivity contribution in [1.82, 2.24) is 29.1 Å². The first kappa shape index (κ1) is 31.8. The molecule has 2 saturated heterocycles. The van der Waals surface area contributed by atoms with Crippen LogP contribution in [-0.4, -0.2) is 116 Å². The van der Waals surface area contributed by atoms with E-state index in [2.05, 4.69) is 24.9 Å². The minimum atomic E-state index is -5.13. The molecule has 0 spiro atoms. The van der Waals surface area contributed by atoms with Gasteiger partial charge in [0.25, 0.3) is 0 Å². The van der Waals surface area contributed by atoms with E-state index in [-0.39, 0.29) is 46.5 Å². The maximum atomic E-state index is 13.2. The number of ketones is 1. The van der Waals surface area contributed by atoms with E-state index in [9.17, 15) is 39.0 Å². The number of anilines is 1. The first-order valence-electron chi connectivity index (χ1n) is 13.2. The lowest BCUT2D eigenvalue weighted by Gasteiger charge is -2.25. The summed E-state index contributed by atoms with van der Waals surface area (Å²) in [6.45, 7) is 0.0551. The highest BCUT2D eigenvalue weighted by molar-refractivity contribution is 7.47. The number of phosphoric acid groups is 1. The van der Waals surface area contributed by atoms with E-state index in [1.807, 2.05) is 0 Å². The van der Waals surface area contributed by atoms with Gasteiger partial charge in [0, 0.05) is 17.2 Å². The van der Waals surface area contributed by atoms with Crippen LogP contribution >= 0.6 is 16.1 Å². The van der Waals surface area contributed by atoms with Crippen molar-refractivity contribution in [3.05, 3.63) is 24.2 Å². The topological polar surface area (TPSA) is 298 Å². The first-order valence-corrected chi connectivity index (χ1v) is 15.9. The minimum absolute atomic E-state index is 0.0138. The number of rotatable bonds is 10. The Morgan fingerprint density at radius 3 is 2.58 bits per heavy atom. The van der Waals surface area contributed by atoms with E-state index in [4.69, 9.17) is 28.8 Å². The van der Waals surface area contributed by atoms with Gasteiger partial charge in [0.2, 0.25) is 0 Å². The minimum Gasteiger partial charge on any atom is -0.394 e. The van der Waals surface area contributed by atoms with Crippen molar-refractivity contribution in [3.8, 4) is 0 Å². The van der Waals surface area contributed by atoms with Gasteiger partial charge in [-0.25, -0.2) is 29.5 Å². The van der Waals surface area contributed by atoms with E-state index in [1.54, 1.807) is 6.92 Å². The molecule has 3 aromatic rings. The third-order valence-electron chi connectivity index (χ3n) is 7.30. The summed E-state index contributed by atoms with van der Waals surface area (Å²) < 4.78 is 54.1. The maximum absolute atomic E-state index is 13.2. The normalized spacial score (nSPS) is 31.4. The number of aliphatic imine (C=N–C) groups is 1. The van der Waals surface area contributed by atoms with Crippen molar-refractivity contribution in [2.24, 2.45) is 4.99 Å². The number of imidazole rings is 2. The van der Waals surface area contributed by atoms with Crippen LogP contribution < -0.4 is 5.73 Å². The van der Waals surface area contributed by atoms with E-state index >= 15 is 0 Å². The molecule has 2 unspecified atom stereocenters. The molecule has 6 rings (SSSR count). The number of phosphoric ester groups is 1. The van der Waals surface area contributed by atoms with Gasteiger partial charge in [0.1, 0.15) is 41.9 Å². The number of hydrogen-bond donors (Lipinski definition) is 6. The summed E-state index contributed by atoms with van der Waals surface area (Å²) in [5.41, 5.74) is 6.28. The third-order valence-corrected chi connectivity index (χ3v) is 8.71. The molecule has 10 atom stereocenters. The Hall–Kier alpha value is -3.17. The molecular weight excluding hydrogens is 646 g/mol. The molecule has 0 aliphatic carbocycles. The summed E-state index contributed by atoms with van der Waals surface area (Å²) >= 11 is 0. The van der Waals surface area contributed by atoms with Crippen molar-refractivity contribution in [2.75, 3.05) is 18.9 Å². The molecule has 3 aliphatic heterocycles. The summed E-state index contributed by atoms with van der Waals surface area (Å²) in [6, 6.07) is 0. The Kier molecular flexibility index (Phi) is 8.63. The summed E-state index contributed by atoms with van der Waals surface area (Å²) in [6.07, 6.45) is -8.10. The van der Waals surface area contributed by atoms with Crippen LogP contribution in [0.25, 0.3) is 11.2 Å². The van der Waals surface area contributed by atoms with Crippen molar-refractivity contribution in [1.29, 1.82) is 0 Å². The number of carbonyl (C=O) groups excluding carboxylic acids is 1. The number of aryl methyl sites for hydroxylation is 1. The number of aromatic nitrogens is 6. The van der Waals surface area contributed by atoms with Crippen LogP contribution in [0.15, 0.2) is 17.6 Å². The van der Waals surface area contributed by atoms with Gasteiger partial charge in [-0.3, -0.25) is 23.0 Å². The Labute approximate surface area is 252 Å². The van der Waals surface area contributed by atoms with Gasteiger partial charge in [-0.2, -0.15) is 0 Å². The molecule has 0 amide bonds. The van der Waals surface area contributed by atoms with Crippen molar-refractivity contribution in [3.63, 3.8) is 0 Å². The number of aliphatic hydroxyl groups excluding tert-OH is 3. The van der Waals surface area contributed by atoms with E-state index in [1.165, 1.54) is 28.0 Å². The van der Waals surface area contributed by atoms with Crippen LogP contribution in [0.1, 0.15) is 35.2 Å². The highest BCUT2D eigenvalue weighted by Gasteiger charge is 2.53. The lowest BCUT2D eigenvalue weighted by molar-refractivity contribution is -0.0613. The van der Waals surface area contributed by atoms with Crippen molar-refractivity contribution < 1.29 is 62.1 Å². The second-order valence-corrected chi connectivity index (χ2v) is 12.3. The van der Waals surface area contributed by atoms with Gasteiger partial charge in [-0.15, -0.1) is 9.42 Å². The first-order chi connectivity index (χ1) is 21.4. The molecule has 0 radical (unpaired) electrons. The summed E-state index contributed by atoms with van der Waals surface area (Å²) in [7, 11) is -8.41. The van der Waals surface area contributed by atoms with Crippen LogP contribution in [0, 0.1) is 6.92 Å². The number of Topliss-reactive ketones (excluding diaryl/α,β-unsaturated/α-hetero) is 1. The van der Waals surface area contributed by atoms with Crippen LogP contribution in [0.3, 0.4) is 0 Å². The molecule has 3 aromatic heterocycles. The zero-order valence-electron chi connectivity index (χ0n) is 23.1. The molecule has 0 bridgehead atoms. The van der Waals surface area contributed by atoms with Crippen molar-refractivity contribution in [2.45, 2.75) is 62.4 Å². The fourth-order valence-corrected chi connectivity index (χ4v) is 6.69. The molecule has 23 heteroatoms. The number of nitrogens with two attached hydrogens (primary N) is 1. The number of fused-ring (bicyclic) bond motifs is 2. The zero-order valence-corrected chi connectivity index (χ0v) is 24.9. The summed E-state index contributed by atoms with van der Waals surface area (Å²) in [4.78, 5) is 52.8. The van der Waals surface area contributed by atoms with Gasteiger partial charge in [-0.1, -0.05) is 0 Å². The van der Waals surface area contributed by atoms with Gasteiger partial charge in [-0.05, 0) is 6.92 Å². The predicted octanol–water partition coefficient (Wildman–Crippen LogP) is -1.05. The van der Waals surface area contributed by atoms with E-state index in [0.717, 1.165) is 0 Å². The quantitative estimate of drug-likeness (QED) is 0.140. The van der Waals surface area contributed by atoms with E-state index in [0.29, 0.717) is 0 Å². The summed E-state index contributed by atoms with van der Waals surface area (Å²) in [5.74, 6) is 0.0599. The Bertz CT molecular complexity index is 1720. The highest BCUT2D eigenvalue weighted by atomic mass is 31.2. The summed E-state index contributed by atoms with van der Waals surface area (Å²) in [5, 5.41) is 31.4. The number of nitrogens with zero attached hydrogens (tertiary/aromatic N) is 7. The molecule has 3 aliphatic rings. The standard InChI is InChI=1S/C22H26N8O13P2/c1-8-27-18(23)13-20(28-8)30(7-26-13)21-15(34)16(42-44(35)36)11(41-21)5-39-45(37,38)43-17-14(33)10(4-31)40-22(17)29-6-25-12-9(32)2-3-24-19(12)29/h3,6-7,10-11,14-17,21-22,31,33-34H,2,4-5H2,1H3,(H3-,23,27,28,35,36,37,38)/p+1/t10-,11-,14-,15-,16-,17-,21-,22-/m1/s1. The number of ether oxygens (including phenoxy) is 2. The van der Waals surface area contributed by atoms with Crippen LogP contribution in [0.2, 0.25) is 0 Å².